The quantitative estimate of drug-likeness (QED) is 0.821. The fraction of sp³-hybridized carbons (Fsp3) is 0.737. The smallest absolute Gasteiger partial charge is 0.255 e. The SMILES string of the molecule is Cc1cnc(CNCC2(O)CCCN(CC3CCCCC3)C2=O)cn1. The third-order valence-electron chi connectivity index (χ3n) is 5.47. The highest BCUT2D eigenvalue weighted by atomic mass is 16.3. The summed E-state index contributed by atoms with van der Waals surface area (Å²) in [7, 11) is 0. The van der Waals surface area contributed by atoms with Crippen molar-refractivity contribution in [2.24, 2.45) is 5.92 Å². The molecule has 1 aliphatic carbocycles. The van der Waals surface area contributed by atoms with Gasteiger partial charge < -0.3 is 15.3 Å². The van der Waals surface area contributed by atoms with E-state index in [9.17, 15) is 9.90 Å². The zero-order valence-electron chi connectivity index (χ0n) is 15.2. The molecule has 2 N–H and O–H groups in total. The summed E-state index contributed by atoms with van der Waals surface area (Å²) in [6.07, 6.45) is 11.1. The minimum absolute atomic E-state index is 0.105. The van der Waals surface area contributed by atoms with Gasteiger partial charge in [0.2, 0.25) is 0 Å². The highest BCUT2D eigenvalue weighted by molar-refractivity contribution is 5.86. The minimum Gasteiger partial charge on any atom is -0.379 e. The summed E-state index contributed by atoms with van der Waals surface area (Å²) in [5.41, 5.74) is 0.408. The van der Waals surface area contributed by atoms with Crippen molar-refractivity contribution in [2.75, 3.05) is 19.6 Å². The van der Waals surface area contributed by atoms with Crippen molar-refractivity contribution in [3.63, 3.8) is 0 Å². The first-order valence-corrected chi connectivity index (χ1v) is 9.57. The lowest BCUT2D eigenvalue weighted by Gasteiger charge is -2.40. The first-order chi connectivity index (χ1) is 12.1. The van der Waals surface area contributed by atoms with E-state index in [1.165, 1.54) is 32.1 Å². The lowest BCUT2D eigenvalue weighted by Crippen LogP contribution is -2.58. The number of nitrogens with one attached hydrogen (secondary N) is 1. The molecule has 0 bridgehead atoms. The Labute approximate surface area is 150 Å². The van der Waals surface area contributed by atoms with Crippen LogP contribution in [0.5, 0.6) is 0 Å². The predicted octanol–water partition coefficient (Wildman–Crippen LogP) is 1.81. The number of likely N-dealkylation sites (tertiary alicyclic amines) is 1. The summed E-state index contributed by atoms with van der Waals surface area (Å²) in [5, 5.41) is 14.1. The van der Waals surface area contributed by atoms with Crippen LogP contribution in [0.2, 0.25) is 0 Å². The first-order valence-electron chi connectivity index (χ1n) is 9.57. The lowest BCUT2D eigenvalue weighted by atomic mass is 9.86. The second-order valence-electron chi connectivity index (χ2n) is 7.64. The van der Waals surface area contributed by atoms with E-state index in [2.05, 4.69) is 15.3 Å². The van der Waals surface area contributed by atoms with Crippen LogP contribution < -0.4 is 5.32 Å². The van der Waals surface area contributed by atoms with E-state index >= 15 is 0 Å². The summed E-state index contributed by atoms with van der Waals surface area (Å²) >= 11 is 0. The molecule has 1 saturated carbocycles. The molecule has 6 heteroatoms. The Hall–Kier alpha value is -1.53. The number of amides is 1. The number of hydrogen-bond acceptors (Lipinski definition) is 5. The standard InChI is InChI=1S/C19H30N4O2/c1-15-10-22-17(12-21-15)11-20-14-19(25)8-5-9-23(18(19)24)13-16-6-3-2-4-7-16/h10,12,16,20,25H,2-9,11,13-14H2,1H3. The van der Waals surface area contributed by atoms with E-state index in [4.69, 9.17) is 0 Å². The van der Waals surface area contributed by atoms with Crippen LogP contribution in [-0.4, -0.2) is 51.1 Å². The second kappa shape index (κ2) is 8.23. The van der Waals surface area contributed by atoms with Crippen LogP contribution >= 0.6 is 0 Å². The lowest BCUT2D eigenvalue weighted by molar-refractivity contribution is -0.157. The largest absolute Gasteiger partial charge is 0.379 e. The van der Waals surface area contributed by atoms with E-state index in [-0.39, 0.29) is 12.5 Å². The van der Waals surface area contributed by atoms with Crippen molar-refractivity contribution in [3.8, 4) is 0 Å². The van der Waals surface area contributed by atoms with Gasteiger partial charge in [-0.15, -0.1) is 0 Å². The molecule has 138 valence electrons. The molecular weight excluding hydrogens is 316 g/mol. The van der Waals surface area contributed by atoms with Crippen LogP contribution in [0.15, 0.2) is 12.4 Å². The number of carbonyl (C=O) groups excluding carboxylic acids is 1. The number of carbonyl (C=O) groups is 1. The van der Waals surface area contributed by atoms with Crippen LogP contribution in [0.4, 0.5) is 0 Å². The molecule has 2 aliphatic rings. The first kappa shape index (κ1) is 18.3. The van der Waals surface area contributed by atoms with Crippen LogP contribution in [0.1, 0.15) is 56.3 Å². The van der Waals surface area contributed by atoms with Gasteiger partial charge in [-0.3, -0.25) is 14.8 Å². The van der Waals surface area contributed by atoms with Gasteiger partial charge in [0.05, 0.1) is 11.4 Å². The highest BCUT2D eigenvalue weighted by Crippen LogP contribution is 2.28. The molecule has 1 unspecified atom stereocenters. The van der Waals surface area contributed by atoms with Gasteiger partial charge in [-0.2, -0.15) is 0 Å². The summed E-state index contributed by atoms with van der Waals surface area (Å²) in [5.74, 6) is 0.502. The Kier molecular flexibility index (Phi) is 6.02. The molecule has 1 amide bonds. The van der Waals surface area contributed by atoms with Gasteiger partial charge >= 0.3 is 0 Å². The van der Waals surface area contributed by atoms with Crippen LogP contribution in [0.3, 0.4) is 0 Å². The Bertz CT molecular complexity index is 571. The predicted molar refractivity (Wildman–Crippen MR) is 95.8 cm³/mol. The molecule has 1 aromatic heterocycles. The maximum atomic E-state index is 12.8. The third kappa shape index (κ3) is 4.76. The second-order valence-corrected chi connectivity index (χ2v) is 7.64. The molecule has 0 spiro atoms. The number of aryl methyl sites for hydroxylation is 1. The van der Waals surface area contributed by atoms with Crippen LogP contribution in [0, 0.1) is 12.8 Å². The van der Waals surface area contributed by atoms with Gasteiger partial charge in [0, 0.05) is 38.6 Å². The highest BCUT2D eigenvalue weighted by Gasteiger charge is 2.42. The zero-order chi connectivity index (χ0) is 17.7. The van der Waals surface area contributed by atoms with Crippen LogP contribution in [0.25, 0.3) is 0 Å². The monoisotopic (exact) mass is 346 g/mol. The average Bonchev–Trinajstić information content (AvgIpc) is 2.62. The van der Waals surface area contributed by atoms with Gasteiger partial charge in [-0.25, -0.2) is 0 Å². The van der Waals surface area contributed by atoms with Gasteiger partial charge in [0.1, 0.15) is 0 Å². The number of rotatable bonds is 6. The fourth-order valence-electron chi connectivity index (χ4n) is 3.99. The molecule has 25 heavy (non-hydrogen) atoms. The van der Waals surface area contributed by atoms with Crippen molar-refractivity contribution in [3.05, 3.63) is 23.8 Å². The number of nitrogens with zero attached hydrogens (tertiary/aromatic N) is 3. The summed E-state index contributed by atoms with van der Waals surface area (Å²) < 4.78 is 0. The van der Waals surface area contributed by atoms with E-state index in [0.717, 1.165) is 30.9 Å². The number of piperidine rings is 1. The van der Waals surface area contributed by atoms with E-state index in [1.54, 1.807) is 12.4 Å². The maximum Gasteiger partial charge on any atom is 0.255 e. The minimum atomic E-state index is -1.29. The van der Waals surface area contributed by atoms with Crippen molar-refractivity contribution >= 4 is 5.91 Å². The average molecular weight is 346 g/mol. The molecule has 3 rings (SSSR count). The van der Waals surface area contributed by atoms with E-state index in [0.29, 0.717) is 18.9 Å². The topological polar surface area (TPSA) is 78.4 Å². The molecule has 1 saturated heterocycles. The third-order valence-corrected chi connectivity index (χ3v) is 5.47. The zero-order valence-corrected chi connectivity index (χ0v) is 15.2. The van der Waals surface area contributed by atoms with Gasteiger partial charge in [0.25, 0.3) is 5.91 Å². The summed E-state index contributed by atoms with van der Waals surface area (Å²) in [6.45, 7) is 4.26. The molecule has 1 atom stereocenters. The number of aromatic nitrogens is 2. The summed E-state index contributed by atoms with van der Waals surface area (Å²) in [6, 6.07) is 0. The summed E-state index contributed by atoms with van der Waals surface area (Å²) in [4.78, 5) is 23.2. The van der Waals surface area contributed by atoms with Crippen molar-refractivity contribution in [2.45, 2.75) is 64.0 Å². The van der Waals surface area contributed by atoms with Gasteiger partial charge in [-0.1, -0.05) is 19.3 Å². The molecule has 1 aliphatic heterocycles. The van der Waals surface area contributed by atoms with E-state index < -0.39 is 5.60 Å². The number of hydrogen-bond donors (Lipinski definition) is 2. The molecule has 6 nitrogen and oxygen atoms in total. The van der Waals surface area contributed by atoms with Crippen molar-refractivity contribution in [1.29, 1.82) is 0 Å². The van der Waals surface area contributed by atoms with Crippen molar-refractivity contribution in [1.82, 2.24) is 20.2 Å². The Morgan fingerprint density at radius 1 is 1.24 bits per heavy atom. The van der Waals surface area contributed by atoms with E-state index in [1.807, 2.05) is 11.8 Å². The van der Waals surface area contributed by atoms with Gasteiger partial charge in [-0.05, 0) is 38.5 Å². The maximum absolute atomic E-state index is 12.8. The molecule has 2 heterocycles. The molecule has 0 radical (unpaired) electrons. The Balaban J connectivity index is 1.52. The Morgan fingerprint density at radius 2 is 2.04 bits per heavy atom. The molecular formula is C19H30N4O2. The molecule has 2 fully saturated rings. The van der Waals surface area contributed by atoms with Gasteiger partial charge in [0.15, 0.2) is 5.60 Å². The molecule has 1 aromatic rings. The molecule has 0 aromatic carbocycles. The Morgan fingerprint density at radius 3 is 2.76 bits per heavy atom. The van der Waals surface area contributed by atoms with Crippen molar-refractivity contribution < 1.29 is 9.90 Å². The number of aliphatic hydroxyl groups is 1. The fourth-order valence-corrected chi connectivity index (χ4v) is 3.99. The van der Waals surface area contributed by atoms with Crippen LogP contribution in [-0.2, 0) is 11.3 Å². The normalized spacial score (nSPS) is 25.4.